The first-order chi connectivity index (χ1) is 15.8. The molecule has 0 spiro atoms. The number of methoxy groups -OCH3 is 2. The van der Waals surface area contributed by atoms with E-state index in [1.807, 2.05) is 12.1 Å². The van der Waals surface area contributed by atoms with Crippen LogP contribution in [0.3, 0.4) is 0 Å². The Bertz CT molecular complexity index is 1290. The molecule has 1 aromatic carbocycles. The average molecular weight is 467 g/mol. The molecule has 0 atom stereocenters. The number of carbonyl (C=O) groups is 1. The molecule has 3 N–H and O–H groups in total. The van der Waals surface area contributed by atoms with Crippen LogP contribution >= 0.6 is 11.8 Å². The van der Waals surface area contributed by atoms with Gasteiger partial charge in [0.2, 0.25) is 5.91 Å². The highest BCUT2D eigenvalue weighted by atomic mass is 32.2. The van der Waals surface area contributed by atoms with Crippen LogP contribution in [0.25, 0.3) is 11.3 Å². The SMILES string of the molecule is COc1ccc(OC)c(NC(=O)CSc2nc(N)c(C#N)c(-c3c([O-])on[n+]3C)c2C#N)c1. The molecule has 0 radical (unpaired) electrons. The number of carbonyl (C=O) groups excluding carboxylic acids is 1. The molecule has 12 nitrogen and oxygen atoms in total. The number of thioether (sulfide) groups is 1. The largest absolute Gasteiger partial charge is 0.539 e. The highest BCUT2D eigenvalue weighted by Crippen LogP contribution is 2.37. The number of pyridine rings is 1. The van der Waals surface area contributed by atoms with Crippen molar-refractivity contribution in [2.24, 2.45) is 7.05 Å². The van der Waals surface area contributed by atoms with E-state index in [-0.39, 0.29) is 39.0 Å². The number of anilines is 2. The number of nitriles is 2. The van der Waals surface area contributed by atoms with Crippen LogP contribution < -0.4 is 30.3 Å². The van der Waals surface area contributed by atoms with E-state index in [2.05, 4.69) is 20.1 Å². The summed E-state index contributed by atoms with van der Waals surface area (Å²) < 4.78 is 16.1. The summed E-state index contributed by atoms with van der Waals surface area (Å²) in [5, 5.41) is 37.7. The molecular weight excluding hydrogens is 450 g/mol. The number of rotatable bonds is 7. The first kappa shape index (κ1) is 23.2. The summed E-state index contributed by atoms with van der Waals surface area (Å²) in [5.74, 6) is -0.696. The van der Waals surface area contributed by atoms with Gasteiger partial charge in [0.15, 0.2) is 13.0 Å². The van der Waals surface area contributed by atoms with Gasteiger partial charge in [0, 0.05) is 6.07 Å². The third-order valence-electron chi connectivity index (χ3n) is 4.44. The molecule has 3 rings (SSSR count). The van der Waals surface area contributed by atoms with Crippen LogP contribution in [0.15, 0.2) is 27.7 Å². The summed E-state index contributed by atoms with van der Waals surface area (Å²) in [6.07, 6.45) is 0. The number of ether oxygens (including phenoxy) is 2. The van der Waals surface area contributed by atoms with Crippen molar-refractivity contribution in [1.82, 2.24) is 10.3 Å². The maximum Gasteiger partial charge on any atom is 0.266 e. The third-order valence-corrected chi connectivity index (χ3v) is 5.41. The normalized spacial score (nSPS) is 10.2. The van der Waals surface area contributed by atoms with Crippen LogP contribution in [0.2, 0.25) is 0 Å². The Labute approximate surface area is 192 Å². The van der Waals surface area contributed by atoms with Crippen LogP contribution in [0.5, 0.6) is 17.4 Å². The molecule has 3 aromatic rings. The molecule has 2 aromatic heterocycles. The van der Waals surface area contributed by atoms with Crippen molar-refractivity contribution in [3.05, 3.63) is 29.3 Å². The fourth-order valence-electron chi connectivity index (χ4n) is 2.95. The third kappa shape index (κ3) is 4.58. The van der Waals surface area contributed by atoms with Gasteiger partial charge in [0.05, 0.1) is 42.1 Å². The average Bonchev–Trinajstić information content (AvgIpc) is 3.14. The minimum atomic E-state index is -0.852. The van der Waals surface area contributed by atoms with E-state index in [9.17, 15) is 20.4 Å². The van der Waals surface area contributed by atoms with Crippen LogP contribution in [0, 0.1) is 22.7 Å². The van der Waals surface area contributed by atoms with Crippen molar-refractivity contribution >= 4 is 29.2 Å². The number of nitrogen functional groups attached to an aromatic ring is 1. The van der Waals surface area contributed by atoms with Gasteiger partial charge in [0.1, 0.15) is 40.0 Å². The molecule has 0 unspecified atom stereocenters. The molecule has 13 heteroatoms. The first-order valence-corrected chi connectivity index (χ1v) is 10.1. The molecule has 0 saturated carbocycles. The number of nitrogens with one attached hydrogen (secondary N) is 1. The van der Waals surface area contributed by atoms with E-state index in [0.717, 1.165) is 16.4 Å². The van der Waals surface area contributed by atoms with Gasteiger partial charge in [-0.1, -0.05) is 16.4 Å². The fraction of sp³-hybridized carbons (Fsp3) is 0.200. The molecule has 0 aliphatic heterocycles. The predicted octanol–water partition coefficient (Wildman–Crippen LogP) is 0.708. The zero-order valence-electron chi connectivity index (χ0n) is 17.7. The lowest BCUT2D eigenvalue weighted by atomic mass is 10.0. The standard InChI is InChI=1S/C20H17N7O5S/c1-27-17(20(29)32-26-27)16-11(7-21)18(23)25-19(12(16)8-22)33-9-15(28)24-13-6-10(30-2)4-5-14(13)31-3/h4-6H,9H2,1-3H3,(H3-,23,24,25,26,28,29). The lowest BCUT2D eigenvalue weighted by Crippen LogP contribution is -2.32. The summed E-state index contributed by atoms with van der Waals surface area (Å²) in [6.45, 7) is 0. The van der Waals surface area contributed by atoms with Crippen molar-refractivity contribution < 1.29 is 28.6 Å². The molecule has 168 valence electrons. The second-order valence-corrected chi connectivity index (χ2v) is 7.35. The number of aryl methyl sites for hydroxylation is 1. The van der Waals surface area contributed by atoms with Gasteiger partial charge in [-0.05, 0) is 12.1 Å². The Hall–Kier alpha value is -4.49. The van der Waals surface area contributed by atoms with Gasteiger partial charge < -0.3 is 30.2 Å². The molecule has 0 bridgehead atoms. The van der Waals surface area contributed by atoms with E-state index in [1.165, 1.54) is 21.3 Å². The molecule has 2 heterocycles. The van der Waals surface area contributed by atoms with Crippen molar-refractivity contribution in [1.29, 1.82) is 10.5 Å². The molecule has 33 heavy (non-hydrogen) atoms. The van der Waals surface area contributed by atoms with E-state index in [1.54, 1.807) is 18.2 Å². The van der Waals surface area contributed by atoms with Crippen molar-refractivity contribution in [3.8, 4) is 40.8 Å². The number of amides is 1. The molecule has 0 aliphatic carbocycles. The predicted molar refractivity (Wildman–Crippen MR) is 113 cm³/mol. The Morgan fingerprint density at radius 2 is 2.03 bits per heavy atom. The quantitative estimate of drug-likeness (QED) is 0.368. The monoisotopic (exact) mass is 467 g/mol. The second-order valence-electron chi connectivity index (χ2n) is 6.39. The number of nitrogens with two attached hydrogens (primary N) is 1. The minimum absolute atomic E-state index is 0.0568. The summed E-state index contributed by atoms with van der Waals surface area (Å²) in [6, 6.07) is 8.71. The first-order valence-electron chi connectivity index (χ1n) is 9.16. The molecular formula is C20H17N7O5S. The van der Waals surface area contributed by atoms with E-state index < -0.39 is 11.9 Å². The summed E-state index contributed by atoms with van der Waals surface area (Å²) in [7, 11) is 4.38. The van der Waals surface area contributed by atoms with Crippen LogP contribution in [0.1, 0.15) is 11.1 Å². The van der Waals surface area contributed by atoms with Crippen molar-refractivity contribution in [2.75, 3.05) is 31.0 Å². The second kappa shape index (κ2) is 9.76. The molecule has 0 aliphatic rings. The van der Waals surface area contributed by atoms with Gasteiger partial charge in [-0.25, -0.2) is 4.98 Å². The summed E-state index contributed by atoms with van der Waals surface area (Å²) in [5.41, 5.74) is 5.84. The lowest BCUT2D eigenvalue weighted by Gasteiger charge is -2.13. The number of nitrogens with zero attached hydrogens (tertiary/aromatic N) is 5. The highest BCUT2D eigenvalue weighted by molar-refractivity contribution is 8.00. The van der Waals surface area contributed by atoms with Gasteiger partial charge >= 0.3 is 0 Å². The topological polar surface area (TPSA) is 187 Å². The number of benzene rings is 1. The smallest absolute Gasteiger partial charge is 0.266 e. The maximum absolute atomic E-state index is 12.6. The Morgan fingerprint density at radius 1 is 1.30 bits per heavy atom. The maximum atomic E-state index is 12.6. The Morgan fingerprint density at radius 3 is 2.61 bits per heavy atom. The van der Waals surface area contributed by atoms with Crippen LogP contribution in [0.4, 0.5) is 11.5 Å². The van der Waals surface area contributed by atoms with Crippen LogP contribution in [-0.4, -0.2) is 36.1 Å². The van der Waals surface area contributed by atoms with Crippen molar-refractivity contribution in [2.45, 2.75) is 5.03 Å². The number of aromatic nitrogens is 3. The minimum Gasteiger partial charge on any atom is -0.539 e. The molecule has 0 saturated heterocycles. The van der Waals surface area contributed by atoms with E-state index in [0.29, 0.717) is 17.2 Å². The highest BCUT2D eigenvalue weighted by Gasteiger charge is 2.29. The summed E-state index contributed by atoms with van der Waals surface area (Å²) in [4.78, 5) is 16.7. The van der Waals surface area contributed by atoms with Crippen LogP contribution in [-0.2, 0) is 11.8 Å². The number of hydrogen-bond donors (Lipinski definition) is 2. The van der Waals surface area contributed by atoms with Gasteiger partial charge in [-0.3, -0.25) is 4.79 Å². The number of hydrogen-bond acceptors (Lipinski definition) is 11. The Kier molecular flexibility index (Phi) is 6.85. The van der Waals surface area contributed by atoms with Gasteiger partial charge in [-0.2, -0.15) is 10.5 Å². The summed E-state index contributed by atoms with van der Waals surface area (Å²) >= 11 is 0.909. The Balaban J connectivity index is 1.93. The van der Waals surface area contributed by atoms with Crippen molar-refractivity contribution in [3.63, 3.8) is 0 Å². The fourth-order valence-corrected chi connectivity index (χ4v) is 3.74. The zero-order chi connectivity index (χ0) is 24.1. The van der Waals surface area contributed by atoms with E-state index in [4.69, 9.17) is 15.2 Å². The zero-order valence-corrected chi connectivity index (χ0v) is 18.5. The van der Waals surface area contributed by atoms with E-state index >= 15 is 0 Å². The van der Waals surface area contributed by atoms with Gasteiger partial charge in [-0.15, -0.1) is 0 Å². The lowest BCUT2D eigenvalue weighted by molar-refractivity contribution is -0.730. The van der Waals surface area contributed by atoms with Gasteiger partial charge in [0.25, 0.3) is 5.69 Å². The molecule has 1 amide bonds. The molecule has 0 fully saturated rings.